The summed E-state index contributed by atoms with van der Waals surface area (Å²) in [4.78, 5) is 13.4. The number of amides is 1. The lowest BCUT2D eigenvalue weighted by Crippen LogP contribution is -2.25. The molecule has 96 valence electrons. The quantitative estimate of drug-likeness (QED) is 0.858. The second kappa shape index (κ2) is 5.08. The predicted octanol–water partition coefficient (Wildman–Crippen LogP) is 2.74. The summed E-state index contributed by atoms with van der Waals surface area (Å²) in [6, 6.07) is 5.17. The van der Waals surface area contributed by atoms with Crippen molar-refractivity contribution in [2.24, 2.45) is 0 Å². The van der Waals surface area contributed by atoms with Crippen LogP contribution in [0.1, 0.15) is 0 Å². The molecule has 4 nitrogen and oxygen atoms in total. The zero-order chi connectivity index (χ0) is 13.3. The van der Waals surface area contributed by atoms with Gasteiger partial charge in [0.2, 0.25) is 0 Å². The van der Waals surface area contributed by atoms with Crippen LogP contribution < -0.4 is 14.4 Å². The lowest BCUT2D eigenvalue weighted by atomic mass is 10.2. The van der Waals surface area contributed by atoms with Gasteiger partial charge in [0.25, 0.3) is 5.91 Å². The van der Waals surface area contributed by atoms with Crippen LogP contribution in [-0.4, -0.2) is 26.7 Å². The van der Waals surface area contributed by atoms with E-state index in [9.17, 15) is 4.79 Å². The fraction of sp³-hybridized carbons (Fsp3) is 0.250. The Bertz CT molecular complexity index is 506. The summed E-state index contributed by atoms with van der Waals surface area (Å²) in [7, 11) is 3.09. The molecule has 1 amide bonds. The van der Waals surface area contributed by atoms with Crippen molar-refractivity contribution in [2.45, 2.75) is 0 Å². The first-order valence-corrected chi connectivity index (χ1v) is 5.91. The van der Waals surface area contributed by atoms with Gasteiger partial charge < -0.3 is 14.4 Å². The molecular formula is C12H11Cl2NO3. The highest BCUT2D eigenvalue weighted by Gasteiger charge is 2.29. The zero-order valence-electron chi connectivity index (χ0n) is 9.87. The van der Waals surface area contributed by atoms with Crippen molar-refractivity contribution in [3.05, 3.63) is 28.3 Å². The Morgan fingerprint density at radius 2 is 1.67 bits per heavy atom. The Morgan fingerprint density at radius 3 is 2.06 bits per heavy atom. The van der Waals surface area contributed by atoms with Gasteiger partial charge in [-0.25, -0.2) is 0 Å². The molecule has 1 aromatic carbocycles. The maximum absolute atomic E-state index is 11.9. The molecule has 1 aliphatic heterocycles. The van der Waals surface area contributed by atoms with Crippen LogP contribution in [0.5, 0.6) is 11.5 Å². The van der Waals surface area contributed by atoms with Gasteiger partial charge in [0.05, 0.1) is 31.5 Å². The first-order chi connectivity index (χ1) is 8.56. The van der Waals surface area contributed by atoms with Gasteiger partial charge in [-0.15, -0.1) is 0 Å². The second-order valence-electron chi connectivity index (χ2n) is 3.68. The highest BCUT2D eigenvalue weighted by molar-refractivity contribution is 6.51. The monoisotopic (exact) mass is 287 g/mol. The van der Waals surface area contributed by atoms with Crippen LogP contribution in [0.3, 0.4) is 0 Å². The molecule has 1 aliphatic rings. The average molecular weight is 288 g/mol. The van der Waals surface area contributed by atoms with Crippen molar-refractivity contribution < 1.29 is 14.3 Å². The molecule has 0 bridgehead atoms. The third-order valence-electron chi connectivity index (χ3n) is 2.62. The number of carbonyl (C=O) groups is 1. The lowest BCUT2D eigenvalue weighted by Gasteiger charge is -2.18. The van der Waals surface area contributed by atoms with Crippen LogP contribution in [0.15, 0.2) is 28.3 Å². The molecule has 18 heavy (non-hydrogen) atoms. The zero-order valence-corrected chi connectivity index (χ0v) is 11.4. The fourth-order valence-corrected chi connectivity index (χ4v) is 2.03. The molecule has 6 heteroatoms. The molecule has 0 atom stereocenters. The minimum atomic E-state index is -0.322. The SMILES string of the molecule is COc1cc(OC)cc(N2CC(Cl)=C(Cl)C2=O)c1. The number of carbonyl (C=O) groups excluding carboxylic acids is 1. The Labute approximate surface area is 115 Å². The van der Waals surface area contributed by atoms with Gasteiger partial charge in [0.15, 0.2) is 0 Å². The molecule has 0 saturated carbocycles. The van der Waals surface area contributed by atoms with Crippen molar-refractivity contribution in [1.29, 1.82) is 0 Å². The third kappa shape index (κ3) is 2.26. The van der Waals surface area contributed by atoms with Gasteiger partial charge in [-0.2, -0.15) is 0 Å². The highest BCUT2D eigenvalue weighted by atomic mass is 35.5. The van der Waals surface area contributed by atoms with Crippen molar-refractivity contribution in [1.82, 2.24) is 0 Å². The Morgan fingerprint density at radius 1 is 1.11 bits per heavy atom. The number of halogens is 2. The molecule has 0 spiro atoms. The number of rotatable bonds is 3. The standard InChI is InChI=1S/C12H11Cl2NO3/c1-17-8-3-7(4-9(5-8)18-2)15-6-10(13)11(14)12(15)16/h3-5H,6H2,1-2H3. The maximum Gasteiger partial charge on any atom is 0.271 e. The van der Waals surface area contributed by atoms with E-state index in [2.05, 4.69) is 0 Å². The number of methoxy groups -OCH3 is 2. The molecule has 0 saturated heterocycles. The molecule has 0 radical (unpaired) electrons. The number of nitrogens with zero attached hydrogens (tertiary/aromatic N) is 1. The van der Waals surface area contributed by atoms with Gasteiger partial charge in [0.1, 0.15) is 16.5 Å². The van der Waals surface area contributed by atoms with Crippen molar-refractivity contribution in [3.8, 4) is 11.5 Å². The number of ether oxygens (including phenoxy) is 2. The van der Waals surface area contributed by atoms with Crippen molar-refractivity contribution in [2.75, 3.05) is 25.7 Å². The normalized spacial score (nSPS) is 15.3. The van der Waals surface area contributed by atoms with Crippen LogP contribution in [0.2, 0.25) is 0 Å². The molecular weight excluding hydrogens is 277 g/mol. The maximum atomic E-state index is 11.9. The van der Waals surface area contributed by atoms with Gasteiger partial charge in [0, 0.05) is 18.2 Å². The van der Waals surface area contributed by atoms with E-state index in [1.165, 1.54) is 4.90 Å². The third-order valence-corrected chi connectivity index (χ3v) is 3.41. The van der Waals surface area contributed by atoms with Gasteiger partial charge in [-0.1, -0.05) is 23.2 Å². The highest BCUT2D eigenvalue weighted by Crippen LogP contribution is 2.34. The van der Waals surface area contributed by atoms with Crippen LogP contribution in [0.25, 0.3) is 0 Å². The van der Waals surface area contributed by atoms with E-state index in [4.69, 9.17) is 32.7 Å². The van der Waals surface area contributed by atoms with Crippen LogP contribution >= 0.6 is 23.2 Å². The summed E-state index contributed by atoms with van der Waals surface area (Å²) in [5, 5.41) is 0.391. The molecule has 0 fully saturated rings. The number of anilines is 1. The molecule has 0 unspecified atom stereocenters. The Kier molecular flexibility index (Phi) is 3.68. The number of hydrogen-bond donors (Lipinski definition) is 0. The molecule has 0 aromatic heterocycles. The molecule has 1 aromatic rings. The summed E-state index contributed by atoms with van der Waals surface area (Å²) < 4.78 is 10.3. The molecule has 2 rings (SSSR count). The largest absolute Gasteiger partial charge is 0.497 e. The van der Waals surface area contributed by atoms with E-state index in [1.54, 1.807) is 32.4 Å². The van der Waals surface area contributed by atoms with Gasteiger partial charge in [-0.3, -0.25) is 4.79 Å². The smallest absolute Gasteiger partial charge is 0.271 e. The summed E-state index contributed by atoms with van der Waals surface area (Å²) in [6.07, 6.45) is 0. The van der Waals surface area contributed by atoms with Crippen molar-refractivity contribution in [3.63, 3.8) is 0 Å². The number of benzene rings is 1. The van der Waals surface area contributed by atoms with E-state index in [0.29, 0.717) is 22.2 Å². The summed E-state index contributed by atoms with van der Waals surface area (Å²) >= 11 is 11.7. The first kappa shape index (κ1) is 13.1. The van der Waals surface area contributed by atoms with Crippen LogP contribution in [0, 0.1) is 0 Å². The summed E-state index contributed by atoms with van der Waals surface area (Å²) in [6.45, 7) is 0.259. The predicted molar refractivity (Wildman–Crippen MR) is 70.6 cm³/mol. The number of hydrogen-bond acceptors (Lipinski definition) is 3. The molecule has 0 N–H and O–H groups in total. The van der Waals surface area contributed by atoms with Crippen LogP contribution in [-0.2, 0) is 4.79 Å². The minimum absolute atomic E-state index is 0.0541. The van der Waals surface area contributed by atoms with Crippen molar-refractivity contribution >= 4 is 34.8 Å². The van der Waals surface area contributed by atoms with E-state index in [-0.39, 0.29) is 17.5 Å². The average Bonchev–Trinajstić information content (AvgIpc) is 2.65. The molecule has 1 heterocycles. The lowest BCUT2D eigenvalue weighted by molar-refractivity contribution is -0.114. The summed E-state index contributed by atoms with van der Waals surface area (Å²) in [5.74, 6) is 0.865. The van der Waals surface area contributed by atoms with E-state index < -0.39 is 0 Å². The fourth-order valence-electron chi connectivity index (χ4n) is 1.67. The topological polar surface area (TPSA) is 38.8 Å². The Hall–Kier alpha value is -1.39. The van der Waals surface area contributed by atoms with E-state index in [0.717, 1.165) is 0 Å². The van der Waals surface area contributed by atoms with Gasteiger partial charge in [-0.05, 0) is 0 Å². The van der Waals surface area contributed by atoms with Crippen LogP contribution in [0.4, 0.5) is 5.69 Å². The second-order valence-corrected chi connectivity index (χ2v) is 4.52. The minimum Gasteiger partial charge on any atom is -0.497 e. The van der Waals surface area contributed by atoms with E-state index in [1.807, 2.05) is 0 Å². The first-order valence-electron chi connectivity index (χ1n) is 5.16. The summed E-state index contributed by atoms with van der Waals surface area (Å²) in [5.41, 5.74) is 0.630. The van der Waals surface area contributed by atoms with E-state index >= 15 is 0 Å². The van der Waals surface area contributed by atoms with Gasteiger partial charge >= 0.3 is 0 Å². The molecule has 0 aliphatic carbocycles. The Balaban J connectivity index is 2.38.